The topological polar surface area (TPSA) is 38.0 Å². The fourth-order valence-corrected chi connectivity index (χ4v) is 2.74. The monoisotopic (exact) mass is 288 g/mol. The molecule has 0 heterocycles. The summed E-state index contributed by atoms with van der Waals surface area (Å²) in [5.74, 6) is 6.29. The highest BCUT2D eigenvalue weighted by Crippen LogP contribution is 2.23. The van der Waals surface area contributed by atoms with Gasteiger partial charge in [0.15, 0.2) is 0 Å². The first-order valence-electron chi connectivity index (χ1n) is 6.46. The third-order valence-electron chi connectivity index (χ3n) is 3.19. The third-order valence-corrected chi connectivity index (χ3v) is 3.77. The van der Waals surface area contributed by atoms with Gasteiger partial charge >= 0.3 is 0 Å². The van der Waals surface area contributed by atoms with Crippen LogP contribution in [0.1, 0.15) is 38.7 Å². The lowest BCUT2D eigenvalue weighted by molar-refractivity contribution is 0.385. The number of hydrogen-bond acceptors (Lipinski definition) is 2. The Hall–Kier alpha value is -0.280. The van der Waals surface area contributed by atoms with Crippen LogP contribution >= 0.6 is 23.2 Å². The fraction of sp³-hybridized carbons (Fsp3) is 0.571. The van der Waals surface area contributed by atoms with Crippen LogP contribution < -0.4 is 11.3 Å². The second-order valence-electron chi connectivity index (χ2n) is 4.93. The molecule has 0 aliphatic rings. The first kappa shape index (κ1) is 15.8. The molecule has 0 saturated carbocycles. The first-order chi connectivity index (χ1) is 8.56. The molecule has 0 bridgehead atoms. The molecule has 2 atom stereocenters. The van der Waals surface area contributed by atoms with Crippen LogP contribution in [0.4, 0.5) is 0 Å². The SMILES string of the molecule is CCCC(C)CC(Cc1ccc(Cl)cc1Cl)NN. The molecule has 0 saturated heterocycles. The van der Waals surface area contributed by atoms with Crippen LogP contribution in [0.15, 0.2) is 18.2 Å². The quantitative estimate of drug-likeness (QED) is 0.583. The van der Waals surface area contributed by atoms with E-state index >= 15 is 0 Å². The van der Waals surface area contributed by atoms with Gasteiger partial charge in [-0.15, -0.1) is 0 Å². The van der Waals surface area contributed by atoms with Crippen molar-refractivity contribution >= 4 is 23.2 Å². The Kier molecular flexibility index (Phi) is 7.02. The lowest BCUT2D eigenvalue weighted by Crippen LogP contribution is -2.38. The van der Waals surface area contributed by atoms with Crippen molar-refractivity contribution in [1.29, 1.82) is 0 Å². The molecule has 4 heteroatoms. The summed E-state index contributed by atoms with van der Waals surface area (Å²) in [4.78, 5) is 0. The minimum Gasteiger partial charge on any atom is -0.271 e. The predicted octanol–water partition coefficient (Wildman–Crippen LogP) is 4.19. The molecule has 1 aromatic rings. The van der Waals surface area contributed by atoms with Crippen LogP contribution in [-0.2, 0) is 6.42 Å². The van der Waals surface area contributed by atoms with Gasteiger partial charge in [-0.2, -0.15) is 0 Å². The second-order valence-corrected chi connectivity index (χ2v) is 5.78. The van der Waals surface area contributed by atoms with Gasteiger partial charge in [0.05, 0.1) is 0 Å². The molecule has 1 rings (SSSR count). The zero-order valence-corrected chi connectivity index (χ0v) is 12.6. The van der Waals surface area contributed by atoms with Crippen LogP contribution in [0, 0.1) is 5.92 Å². The number of rotatable bonds is 7. The fourth-order valence-electron chi connectivity index (χ4n) is 2.26. The van der Waals surface area contributed by atoms with E-state index in [0.717, 1.165) is 18.4 Å². The predicted molar refractivity (Wildman–Crippen MR) is 80.0 cm³/mol. The van der Waals surface area contributed by atoms with Gasteiger partial charge in [-0.25, -0.2) is 0 Å². The Morgan fingerprint density at radius 2 is 2.06 bits per heavy atom. The van der Waals surface area contributed by atoms with E-state index < -0.39 is 0 Å². The molecule has 0 aromatic heterocycles. The van der Waals surface area contributed by atoms with Gasteiger partial charge in [-0.05, 0) is 36.5 Å². The Labute approximate surface area is 120 Å². The van der Waals surface area contributed by atoms with Gasteiger partial charge in [0, 0.05) is 16.1 Å². The van der Waals surface area contributed by atoms with E-state index in [1.807, 2.05) is 12.1 Å². The number of nitrogens with one attached hydrogen (secondary N) is 1. The Balaban J connectivity index is 2.62. The van der Waals surface area contributed by atoms with Crippen molar-refractivity contribution in [1.82, 2.24) is 5.43 Å². The smallest absolute Gasteiger partial charge is 0.0453 e. The summed E-state index contributed by atoms with van der Waals surface area (Å²) >= 11 is 12.1. The molecule has 0 amide bonds. The van der Waals surface area contributed by atoms with E-state index in [1.165, 1.54) is 12.8 Å². The van der Waals surface area contributed by atoms with E-state index in [-0.39, 0.29) is 6.04 Å². The van der Waals surface area contributed by atoms with E-state index in [1.54, 1.807) is 6.07 Å². The van der Waals surface area contributed by atoms with Crippen LogP contribution in [0.25, 0.3) is 0 Å². The van der Waals surface area contributed by atoms with Crippen molar-refractivity contribution in [2.75, 3.05) is 0 Å². The van der Waals surface area contributed by atoms with Crippen molar-refractivity contribution < 1.29 is 0 Å². The highest BCUT2D eigenvalue weighted by molar-refractivity contribution is 6.35. The van der Waals surface area contributed by atoms with Gasteiger partial charge in [0.2, 0.25) is 0 Å². The molecule has 0 fully saturated rings. The number of benzene rings is 1. The Morgan fingerprint density at radius 1 is 1.33 bits per heavy atom. The molecular formula is C14H22Cl2N2. The molecule has 0 radical (unpaired) electrons. The number of halogens is 2. The van der Waals surface area contributed by atoms with E-state index in [9.17, 15) is 0 Å². The lowest BCUT2D eigenvalue weighted by Gasteiger charge is -2.20. The summed E-state index contributed by atoms with van der Waals surface area (Å²) in [6.45, 7) is 4.47. The second kappa shape index (κ2) is 8.00. The molecule has 0 aliphatic carbocycles. The summed E-state index contributed by atoms with van der Waals surface area (Å²) in [5.41, 5.74) is 3.98. The van der Waals surface area contributed by atoms with Crippen molar-refractivity contribution in [3.63, 3.8) is 0 Å². The van der Waals surface area contributed by atoms with Gasteiger partial charge in [0.1, 0.15) is 0 Å². The number of hydrazine groups is 1. The van der Waals surface area contributed by atoms with Crippen molar-refractivity contribution in [2.24, 2.45) is 11.8 Å². The van der Waals surface area contributed by atoms with Crippen LogP contribution in [0.5, 0.6) is 0 Å². The van der Waals surface area contributed by atoms with E-state index in [0.29, 0.717) is 16.0 Å². The summed E-state index contributed by atoms with van der Waals surface area (Å²) in [6.07, 6.45) is 4.33. The van der Waals surface area contributed by atoms with Gasteiger partial charge in [0.25, 0.3) is 0 Å². The molecule has 0 aliphatic heterocycles. The maximum Gasteiger partial charge on any atom is 0.0453 e. The zero-order chi connectivity index (χ0) is 13.5. The minimum absolute atomic E-state index is 0.255. The van der Waals surface area contributed by atoms with Gasteiger partial charge < -0.3 is 0 Å². The molecule has 1 aromatic carbocycles. The minimum atomic E-state index is 0.255. The van der Waals surface area contributed by atoms with Crippen LogP contribution in [0.2, 0.25) is 10.0 Å². The number of hydrogen-bond donors (Lipinski definition) is 2. The van der Waals surface area contributed by atoms with Gasteiger partial charge in [-0.1, -0.05) is 56.0 Å². The molecule has 0 spiro atoms. The average Bonchev–Trinajstić information content (AvgIpc) is 2.31. The maximum absolute atomic E-state index is 6.18. The maximum atomic E-state index is 6.18. The number of nitrogens with two attached hydrogens (primary N) is 1. The normalized spacial score (nSPS) is 14.5. The highest BCUT2D eigenvalue weighted by atomic mass is 35.5. The zero-order valence-electron chi connectivity index (χ0n) is 11.0. The Morgan fingerprint density at radius 3 is 2.61 bits per heavy atom. The third kappa shape index (κ3) is 5.15. The summed E-state index contributed by atoms with van der Waals surface area (Å²) < 4.78 is 0. The van der Waals surface area contributed by atoms with E-state index in [4.69, 9.17) is 29.0 Å². The first-order valence-corrected chi connectivity index (χ1v) is 7.22. The van der Waals surface area contributed by atoms with Crippen molar-refractivity contribution in [2.45, 2.75) is 45.6 Å². The van der Waals surface area contributed by atoms with Crippen molar-refractivity contribution in [3.8, 4) is 0 Å². The van der Waals surface area contributed by atoms with Crippen LogP contribution in [0.3, 0.4) is 0 Å². The molecule has 102 valence electrons. The Bertz CT molecular complexity index is 369. The van der Waals surface area contributed by atoms with Crippen molar-refractivity contribution in [3.05, 3.63) is 33.8 Å². The highest BCUT2D eigenvalue weighted by Gasteiger charge is 2.14. The summed E-state index contributed by atoms with van der Waals surface area (Å²) in [7, 11) is 0. The summed E-state index contributed by atoms with van der Waals surface area (Å²) in [6, 6.07) is 5.87. The van der Waals surface area contributed by atoms with Crippen LogP contribution in [-0.4, -0.2) is 6.04 Å². The largest absolute Gasteiger partial charge is 0.271 e. The molecule has 2 unspecified atom stereocenters. The van der Waals surface area contributed by atoms with E-state index in [2.05, 4.69) is 19.3 Å². The molecular weight excluding hydrogens is 267 g/mol. The summed E-state index contributed by atoms with van der Waals surface area (Å²) in [5, 5.41) is 1.38. The molecule has 2 nitrogen and oxygen atoms in total. The lowest BCUT2D eigenvalue weighted by atomic mass is 9.94. The molecule has 3 N–H and O–H groups in total. The standard InChI is InChI=1S/C14H22Cl2N2/c1-3-4-10(2)7-13(18-17)8-11-5-6-12(15)9-14(11)16/h5-6,9-10,13,18H,3-4,7-8,17H2,1-2H3. The average molecular weight is 289 g/mol. The molecule has 18 heavy (non-hydrogen) atoms. The van der Waals surface area contributed by atoms with Gasteiger partial charge in [-0.3, -0.25) is 11.3 Å².